The molecule has 1 aromatic rings. The quantitative estimate of drug-likeness (QED) is 0.886. The number of nitrogens with zero attached hydrogens (tertiary/aromatic N) is 2. The predicted molar refractivity (Wildman–Crippen MR) is 76.8 cm³/mol. The molecule has 0 atom stereocenters. The van der Waals surface area contributed by atoms with Crippen molar-refractivity contribution in [2.24, 2.45) is 0 Å². The van der Waals surface area contributed by atoms with Crippen LogP contribution in [-0.2, 0) is 6.54 Å². The summed E-state index contributed by atoms with van der Waals surface area (Å²) in [4.78, 5) is 6.61. The third-order valence-corrected chi connectivity index (χ3v) is 3.32. The van der Waals surface area contributed by atoms with Crippen LogP contribution in [0.2, 0.25) is 0 Å². The van der Waals surface area contributed by atoms with Crippen LogP contribution in [-0.4, -0.2) is 23.1 Å². The van der Waals surface area contributed by atoms with Crippen molar-refractivity contribution < 1.29 is 4.39 Å². The Hall–Kier alpha value is -1.16. The fourth-order valence-corrected chi connectivity index (χ4v) is 2.19. The number of aromatic nitrogens is 1. The summed E-state index contributed by atoms with van der Waals surface area (Å²) in [6.07, 6.45) is 3.76. The van der Waals surface area contributed by atoms with Gasteiger partial charge in [-0.3, -0.25) is 0 Å². The van der Waals surface area contributed by atoms with E-state index < -0.39 is 0 Å². The topological polar surface area (TPSA) is 28.2 Å². The fraction of sp³-hybridized carbons (Fsp3) is 0.667. The Morgan fingerprint density at radius 1 is 1.42 bits per heavy atom. The maximum Gasteiger partial charge on any atom is 0.141 e. The van der Waals surface area contributed by atoms with Gasteiger partial charge in [0.15, 0.2) is 0 Å². The van der Waals surface area contributed by atoms with Crippen LogP contribution in [0, 0.1) is 5.82 Å². The van der Waals surface area contributed by atoms with Crippen molar-refractivity contribution in [3.05, 3.63) is 23.6 Å². The van der Waals surface area contributed by atoms with Gasteiger partial charge >= 0.3 is 0 Å². The van der Waals surface area contributed by atoms with Gasteiger partial charge in [-0.25, -0.2) is 9.37 Å². The van der Waals surface area contributed by atoms with Crippen LogP contribution < -0.4 is 10.2 Å². The number of hydrogen-bond donors (Lipinski definition) is 1. The Bertz CT molecular complexity index is 436. The Kier molecular flexibility index (Phi) is 4.09. The molecule has 1 aromatic heterocycles. The van der Waals surface area contributed by atoms with Crippen LogP contribution >= 0.6 is 0 Å². The highest BCUT2D eigenvalue weighted by Gasteiger charge is 2.30. The lowest BCUT2D eigenvalue weighted by molar-refractivity contribution is 0.423. The highest BCUT2D eigenvalue weighted by molar-refractivity contribution is 5.49. The monoisotopic (exact) mass is 265 g/mol. The van der Waals surface area contributed by atoms with E-state index in [1.165, 1.54) is 19.0 Å². The van der Waals surface area contributed by atoms with Gasteiger partial charge in [0, 0.05) is 30.2 Å². The zero-order valence-corrected chi connectivity index (χ0v) is 12.3. The van der Waals surface area contributed by atoms with E-state index in [1.54, 1.807) is 6.07 Å². The van der Waals surface area contributed by atoms with Crippen LogP contribution in [0.1, 0.15) is 46.1 Å². The largest absolute Gasteiger partial charge is 0.354 e. The third-order valence-electron chi connectivity index (χ3n) is 3.32. The van der Waals surface area contributed by atoms with Gasteiger partial charge in [0.2, 0.25) is 0 Å². The Balaban J connectivity index is 2.21. The Morgan fingerprint density at radius 2 is 2.11 bits per heavy atom. The minimum absolute atomic E-state index is 0.0141. The lowest BCUT2D eigenvalue weighted by Gasteiger charge is -2.26. The first kappa shape index (κ1) is 14.3. The maximum absolute atomic E-state index is 13.4. The van der Waals surface area contributed by atoms with E-state index in [-0.39, 0.29) is 11.4 Å². The first-order chi connectivity index (χ1) is 8.90. The van der Waals surface area contributed by atoms with Gasteiger partial charge in [-0.2, -0.15) is 0 Å². The maximum atomic E-state index is 13.4. The molecular weight excluding hydrogens is 241 g/mol. The summed E-state index contributed by atoms with van der Waals surface area (Å²) in [7, 11) is 0. The highest BCUT2D eigenvalue weighted by Crippen LogP contribution is 2.32. The average molecular weight is 265 g/mol. The Labute approximate surface area is 115 Å². The number of nitrogens with one attached hydrogen (secondary N) is 1. The number of rotatable bonds is 5. The number of halogens is 1. The van der Waals surface area contributed by atoms with Crippen LogP contribution in [0.15, 0.2) is 12.3 Å². The molecule has 1 fully saturated rings. The number of anilines is 1. The summed E-state index contributed by atoms with van der Waals surface area (Å²) in [6.45, 7) is 10.0. The molecule has 1 aliphatic rings. The molecule has 0 bridgehead atoms. The van der Waals surface area contributed by atoms with Crippen LogP contribution in [0.4, 0.5) is 10.2 Å². The molecule has 1 heterocycles. The lowest BCUT2D eigenvalue weighted by atomic mass is 10.1. The first-order valence-corrected chi connectivity index (χ1v) is 7.07. The van der Waals surface area contributed by atoms with Gasteiger partial charge in [-0.05, 0) is 46.6 Å². The second kappa shape index (κ2) is 5.45. The van der Waals surface area contributed by atoms with Crippen molar-refractivity contribution in [2.45, 2.75) is 58.7 Å². The summed E-state index contributed by atoms with van der Waals surface area (Å²) < 4.78 is 13.4. The van der Waals surface area contributed by atoms with Gasteiger partial charge in [0.05, 0.1) is 6.20 Å². The van der Waals surface area contributed by atoms with Crippen molar-refractivity contribution >= 4 is 5.82 Å². The minimum Gasteiger partial charge on any atom is -0.354 e. The van der Waals surface area contributed by atoms with E-state index in [0.29, 0.717) is 12.6 Å². The predicted octanol–water partition coefficient (Wildman–Crippen LogP) is 3.10. The average Bonchev–Trinajstić information content (AvgIpc) is 3.13. The molecule has 4 heteroatoms. The van der Waals surface area contributed by atoms with Crippen molar-refractivity contribution in [1.82, 2.24) is 10.3 Å². The van der Waals surface area contributed by atoms with Crippen LogP contribution in [0.5, 0.6) is 0 Å². The molecule has 0 amide bonds. The van der Waals surface area contributed by atoms with Gasteiger partial charge in [-0.15, -0.1) is 0 Å². The van der Waals surface area contributed by atoms with Gasteiger partial charge in [-0.1, -0.05) is 0 Å². The molecule has 0 radical (unpaired) electrons. The Morgan fingerprint density at radius 3 is 2.63 bits per heavy atom. The van der Waals surface area contributed by atoms with E-state index in [1.807, 2.05) is 0 Å². The SMILES string of the molecule is CCN(c1ncc(F)cc1CNC(C)(C)C)C1CC1. The molecule has 106 valence electrons. The van der Waals surface area contributed by atoms with Crippen LogP contribution in [0.25, 0.3) is 0 Å². The van der Waals surface area contributed by atoms with E-state index >= 15 is 0 Å². The molecule has 0 aromatic carbocycles. The van der Waals surface area contributed by atoms with Gasteiger partial charge in [0.1, 0.15) is 11.6 Å². The van der Waals surface area contributed by atoms with Crippen molar-refractivity contribution in [3.63, 3.8) is 0 Å². The highest BCUT2D eigenvalue weighted by atomic mass is 19.1. The zero-order valence-electron chi connectivity index (χ0n) is 12.3. The van der Waals surface area contributed by atoms with Crippen molar-refractivity contribution in [2.75, 3.05) is 11.4 Å². The number of pyridine rings is 1. The molecule has 0 spiro atoms. The molecule has 3 nitrogen and oxygen atoms in total. The van der Waals surface area contributed by atoms with E-state index in [4.69, 9.17) is 0 Å². The summed E-state index contributed by atoms with van der Waals surface area (Å²) in [6, 6.07) is 2.20. The molecule has 1 saturated carbocycles. The summed E-state index contributed by atoms with van der Waals surface area (Å²) in [5.41, 5.74) is 0.962. The second-order valence-corrected chi connectivity index (χ2v) is 6.26. The standard InChI is InChI=1S/C15H24FN3/c1-5-19(13-6-7-13)14-11(8-12(16)10-17-14)9-18-15(2,3)4/h8,10,13,18H,5-7,9H2,1-4H3. The molecule has 19 heavy (non-hydrogen) atoms. The molecule has 1 N–H and O–H groups in total. The summed E-state index contributed by atoms with van der Waals surface area (Å²) in [5, 5.41) is 3.41. The minimum atomic E-state index is -0.263. The smallest absolute Gasteiger partial charge is 0.141 e. The van der Waals surface area contributed by atoms with Crippen molar-refractivity contribution in [1.29, 1.82) is 0 Å². The summed E-state index contributed by atoms with van der Waals surface area (Å²) >= 11 is 0. The van der Waals surface area contributed by atoms with E-state index in [2.05, 4.69) is 42.9 Å². The van der Waals surface area contributed by atoms with Crippen LogP contribution in [0.3, 0.4) is 0 Å². The zero-order chi connectivity index (χ0) is 14.0. The molecule has 0 aliphatic heterocycles. The number of hydrogen-bond acceptors (Lipinski definition) is 3. The van der Waals surface area contributed by atoms with Gasteiger partial charge in [0.25, 0.3) is 0 Å². The third kappa shape index (κ3) is 3.90. The molecule has 0 unspecified atom stereocenters. The van der Waals surface area contributed by atoms with Gasteiger partial charge < -0.3 is 10.2 Å². The molecular formula is C15H24FN3. The lowest BCUT2D eigenvalue weighted by Crippen LogP contribution is -2.36. The van der Waals surface area contributed by atoms with E-state index in [9.17, 15) is 4.39 Å². The second-order valence-electron chi connectivity index (χ2n) is 6.26. The van der Waals surface area contributed by atoms with E-state index in [0.717, 1.165) is 17.9 Å². The summed E-state index contributed by atoms with van der Waals surface area (Å²) in [5.74, 6) is 0.671. The fourth-order valence-electron chi connectivity index (χ4n) is 2.19. The molecule has 0 saturated heterocycles. The molecule has 1 aliphatic carbocycles. The first-order valence-electron chi connectivity index (χ1n) is 7.07. The molecule has 2 rings (SSSR count). The normalized spacial score (nSPS) is 15.6. The van der Waals surface area contributed by atoms with Crippen molar-refractivity contribution in [3.8, 4) is 0 Å².